The normalized spacial score (nSPS) is 18.9. The Balaban J connectivity index is 1.76. The van der Waals surface area contributed by atoms with Gasteiger partial charge in [-0.15, -0.1) is 0 Å². The Morgan fingerprint density at radius 2 is 1.86 bits per heavy atom. The van der Waals surface area contributed by atoms with Crippen molar-refractivity contribution in [1.29, 1.82) is 0 Å². The predicted octanol–water partition coefficient (Wildman–Crippen LogP) is 3.33. The molecule has 6 nitrogen and oxygen atoms in total. The predicted molar refractivity (Wildman–Crippen MR) is 105 cm³/mol. The van der Waals surface area contributed by atoms with Crippen LogP contribution in [0.15, 0.2) is 35.8 Å². The summed E-state index contributed by atoms with van der Waals surface area (Å²) in [5.74, 6) is 0.359. The van der Waals surface area contributed by atoms with E-state index in [9.17, 15) is 9.59 Å². The zero-order valence-electron chi connectivity index (χ0n) is 16.3. The van der Waals surface area contributed by atoms with Gasteiger partial charge in [-0.05, 0) is 44.7 Å². The third-order valence-electron chi connectivity index (χ3n) is 5.37. The van der Waals surface area contributed by atoms with Crippen molar-refractivity contribution in [2.75, 3.05) is 32.9 Å². The largest absolute Gasteiger partial charge is 0.491 e. The first-order chi connectivity index (χ1) is 13.5. The smallest absolute Gasteiger partial charge is 0.312 e. The standard InChI is InChI=1S/C21H26ClNO5/c1-3-26-20(25)21(14-16-6-4-5-7-17(16)22)8-10-23(11-9-21)19(24)18-15(2)27-12-13-28-18/h4-7H,3,8-14H2,1-2H3. The third kappa shape index (κ3) is 4.27. The second-order valence-electron chi connectivity index (χ2n) is 7.14. The topological polar surface area (TPSA) is 65.1 Å². The number of likely N-dealkylation sites (tertiary alicyclic amines) is 1. The van der Waals surface area contributed by atoms with Gasteiger partial charge in [0.2, 0.25) is 5.76 Å². The molecule has 1 aromatic carbocycles. The molecule has 0 radical (unpaired) electrons. The van der Waals surface area contributed by atoms with Gasteiger partial charge in [-0.25, -0.2) is 0 Å². The maximum atomic E-state index is 12.8. The Kier molecular flexibility index (Phi) is 6.50. The molecule has 0 spiro atoms. The van der Waals surface area contributed by atoms with E-state index >= 15 is 0 Å². The van der Waals surface area contributed by atoms with E-state index in [1.54, 1.807) is 18.7 Å². The van der Waals surface area contributed by atoms with Crippen LogP contribution in [0.3, 0.4) is 0 Å². The molecular formula is C21H26ClNO5. The highest BCUT2D eigenvalue weighted by Crippen LogP contribution is 2.38. The molecular weight excluding hydrogens is 382 g/mol. The molecule has 3 rings (SSSR count). The highest BCUT2D eigenvalue weighted by atomic mass is 35.5. The number of amides is 1. The highest BCUT2D eigenvalue weighted by Gasteiger charge is 2.44. The number of hydrogen-bond donors (Lipinski definition) is 0. The number of esters is 1. The van der Waals surface area contributed by atoms with E-state index in [4.69, 9.17) is 25.8 Å². The zero-order chi connectivity index (χ0) is 20.1. The van der Waals surface area contributed by atoms with E-state index in [-0.39, 0.29) is 17.6 Å². The molecule has 0 unspecified atom stereocenters. The van der Waals surface area contributed by atoms with Gasteiger partial charge in [0.25, 0.3) is 5.91 Å². The van der Waals surface area contributed by atoms with Gasteiger partial charge in [0.1, 0.15) is 19.0 Å². The van der Waals surface area contributed by atoms with Crippen LogP contribution in [0.25, 0.3) is 0 Å². The van der Waals surface area contributed by atoms with Crippen LogP contribution in [0.2, 0.25) is 5.02 Å². The molecule has 0 aromatic heterocycles. The SMILES string of the molecule is CCOC(=O)C1(Cc2ccccc2Cl)CCN(C(=O)C2=C(C)OCCO2)CC1. The molecule has 0 saturated carbocycles. The van der Waals surface area contributed by atoms with E-state index in [1.807, 2.05) is 24.3 Å². The van der Waals surface area contributed by atoms with Crippen LogP contribution >= 0.6 is 11.6 Å². The van der Waals surface area contributed by atoms with E-state index in [2.05, 4.69) is 0 Å². The number of hydrogen-bond acceptors (Lipinski definition) is 5. The van der Waals surface area contributed by atoms with Crippen LogP contribution in [0.4, 0.5) is 0 Å². The second-order valence-corrected chi connectivity index (χ2v) is 7.55. The lowest BCUT2D eigenvalue weighted by Gasteiger charge is -2.40. The fourth-order valence-electron chi connectivity index (χ4n) is 3.74. The first kappa shape index (κ1) is 20.5. The summed E-state index contributed by atoms with van der Waals surface area (Å²) in [6, 6.07) is 7.53. The first-order valence-corrected chi connectivity index (χ1v) is 10.0. The summed E-state index contributed by atoms with van der Waals surface area (Å²) in [5, 5.41) is 0.637. The summed E-state index contributed by atoms with van der Waals surface area (Å²) < 4.78 is 16.3. The van der Waals surface area contributed by atoms with Crippen molar-refractivity contribution < 1.29 is 23.8 Å². The minimum atomic E-state index is -0.689. The summed E-state index contributed by atoms with van der Waals surface area (Å²) in [4.78, 5) is 27.4. The molecule has 1 aromatic rings. The number of benzene rings is 1. The van der Waals surface area contributed by atoms with Crippen molar-refractivity contribution >= 4 is 23.5 Å². The summed E-state index contributed by atoms with van der Waals surface area (Å²) in [7, 11) is 0. The summed E-state index contributed by atoms with van der Waals surface area (Å²) in [5.41, 5.74) is 0.227. The molecule has 0 N–H and O–H groups in total. The zero-order valence-corrected chi connectivity index (χ0v) is 17.1. The molecule has 0 aliphatic carbocycles. The molecule has 2 heterocycles. The number of allylic oxidation sites excluding steroid dienone is 1. The maximum Gasteiger partial charge on any atom is 0.312 e. The number of rotatable bonds is 5. The van der Waals surface area contributed by atoms with Crippen LogP contribution in [0.1, 0.15) is 32.3 Å². The second kappa shape index (κ2) is 8.86. The molecule has 7 heteroatoms. The van der Waals surface area contributed by atoms with Gasteiger partial charge >= 0.3 is 5.97 Å². The van der Waals surface area contributed by atoms with Crippen molar-refractivity contribution in [2.24, 2.45) is 5.41 Å². The van der Waals surface area contributed by atoms with Crippen molar-refractivity contribution in [1.82, 2.24) is 4.90 Å². The van der Waals surface area contributed by atoms with E-state index in [0.717, 1.165) is 5.56 Å². The molecule has 0 bridgehead atoms. The lowest BCUT2D eigenvalue weighted by molar-refractivity contribution is -0.160. The average molecular weight is 408 g/mol. The van der Waals surface area contributed by atoms with Crippen molar-refractivity contribution in [3.63, 3.8) is 0 Å². The molecule has 1 fully saturated rings. The van der Waals surface area contributed by atoms with Crippen LogP contribution in [-0.4, -0.2) is 49.7 Å². The van der Waals surface area contributed by atoms with Crippen LogP contribution in [0, 0.1) is 5.41 Å². The van der Waals surface area contributed by atoms with Gasteiger partial charge in [0, 0.05) is 18.1 Å². The van der Waals surface area contributed by atoms with Crippen molar-refractivity contribution in [3.05, 3.63) is 46.4 Å². The quantitative estimate of drug-likeness (QED) is 0.700. The number of piperidine rings is 1. The molecule has 1 amide bonds. The van der Waals surface area contributed by atoms with Gasteiger partial charge in [0.15, 0.2) is 0 Å². The molecule has 2 aliphatic heterocycles. The highest BCUT2D eigenvalue weighted by molar-refractivity contribution is 6.31. The van der Waals surface area contributed by atoms with Crippen LogP contribution in [-0.2, 0) is 30.2 Å². The minimum absolute atomic E-state index is 0.188. The van der Waals surface area contributed by atoms with Crippen LogP contribution in [0.5, 0.6) is 0 Å². The number of carbonyl (C=O) groups is 2. The minimum Gasteiger partial charge on any atom is -0.491 e. The van der Waals surface area contributed by atoms with E-state index in [0.29, 0.717) is 63.0 Å². The number of ether oxygens (including phenoxy) is 3. The fraction of sp³-hybridized carbons (Fsp3) is 0.524. The summed E-state index contributed by atoms with van der Waals surface area (Å²) >= 11 is 6.33. The van der Waals surface area contributed by atoms with Gasteiger partial charge in [-0.1, -0.05) is 29.8 Å². The van der Waals surface area contributed by atoms with Crippen LogP contribution < -0.4 is 0 Å². The molecule has 1 saturated heterocycles. The Labute approximate surface area is 170 Å². The maximum absolute atomic E-state index is 12.8. The fourth-order valence-corrected chi connectivity index (χ4v) is 3.95. The first-order valence-electron chi connectivity index (χ1n) is 9.63. The lowest BCUT2D eigenvalue weighted by Crippen LogP contribution is -2.49. The monoisotopic (exact) mass is 407 g/mol. The lowest BCUT2D eigenvalue weighted by atomic mass is 9.73. The van der Waals surface area contributed by atoms with E-state index < -0.39 is 5.41 Å². The van der Waals surface area contributed by atoms with Gasteiger partial charge in [0.05, 0.1) is 12.0 Å². The Morgan fingerprint density at radius 1 is 1.18 bits per heavy atom. The Bertz CT molecular complexity index is 768. The Hall–Kier alpha value is -2.21. The van der Waals surface area contributed by atoms with E-state index in [1.165, 1.54) is 0 Å². The summed E-state index contributed by atoms with van der Waals surface area (Å²) in [6.45, 7) is 5.57. The number of carbonyl (C=O) groups excluding carboxylic acids is 2. The molecule has 28 heavy (non-hydrogen) atoms. The van der Waals surface area contributed by atoms with Gasteiger partial charge in [-0.3, -0.25) is 9.59 Å². The van der Waals surface area contributed by atoms with Crippen molar-refractivity contribution in [2.45, 2.75) is 33.1 Å². The number of halogens is 1. The molecule has 152 valence electrons. The third-order valence-corrected chi connectivity index (χ3v) is 5.73. The van der Waals surface area contributed by atoms with Gasteiger partial charge in [-0.2, -0.15) is 0 Å². The van der Waals surface area contributed by atoms with Crippen molar-refractivity contribution in [3.8, 4) is 0 Å². The molecule has 2 aliphatic rings. The molecule has 0 atom stereocenters. The van der Waals surface area contributed by atoms with Gasteiger partial charge < -0.3 is 19.1 Å². The number of nitrogens with zero attached hydrogens (tertiary/aromatic N) is 1. The Morgan fingerprint density at radius 3 is 2.50 bits per heavy atom. The summed E-state index contributed by atoms with van der Waals surface area (Å²) in [6.07, 6.45) is 1.51. The average Bonchev–Trinajstić information content (AvgIpc) is 2.70.